The van der Waals surface area contributed by atoms with E-state index in [0.717, 1.165) is 42.5 Å². The highest BCUT2D eigenvalue weighted by Crippen LogP contribution is 2.39. The van der Waals surface area contributed by atoms with Gasteiger partial charge < -0.3 is 5.11 Å². The molecule has 4 aromatic rings. The average Bonchev–Trinajstić information content (AvgIpc) is 3.48. The largest absolute Gasteiger partial charge is 0.396 e. The molecule has 0 radical (unpaired) electrons. The third kappa shape index (κ3) is 4.44. The van der Waals surface area contributed by atoms with Gasteiger partial charge in [-0.2, -0.15) is 15.5 Å². The Hall–Kier alpha value is -3.22. The lowest BCUT2D eigenvalue weighted by Gasteiger charge is -2.32. The van der Waals surface area contributed by atoms with E-state index in [9.17, 15) is 14.8 Å². The van der Waals surface area contributed by atoms with Crippen molar-refractivity contribution in [3.05, 3.63) is 60.1 Å². The normalized spacial score (nSPS) is 19.1. The fraction of sp³-hybridized carbons (Fsp3) is 0.385. The van der Waals surface area contributed by atoms with E-state index in [1.165, 1.54) is 24.0 Å². The summed E-state index contributed by atoms with van der Waals surface area (Å²) in [6.07, 6.45) is 11.1. The topological polar surface area (TPSA) is 92.0 Å². The van der Waals surface area contributed by atoms with E-state index in [1.54, 1.807) is 16.8 Å². The van der Waals surface area contributed by atoms with Crippen LogP contribution in [-0.4, -0.2) is 36.1 Å². The Labute approximate surface area is 207 Å². The van der Waals surface area contributed by atoms with Gasteiger partial charge in [0.25, 0.3) is 0 Å². The maximum atomic E-state index is 14.4. The van der Waals surface area contributed by atoms with Crippen molar-refractivity contribution in [2.24, 2.45) is 11.8 Å². The van der Waals surface area contributed by atoms with Crippen LogP contribution in [0.25, 0.3) is 16.6 Å². The molecule has 4 heterocycles. The third-order valence-electron chi connectivity index (χ3n) is 7.16. The number of hydrogen-bond acceptors (Lipinski definition) is 6. The minimum absolute atomic E-state index is 0.243. The number of nitrogens with zero attached hydrogens (tertiary/aromatic N) is 6. The van der Waals surface area contributed by atoms with Gasteiger partial charge in [-0.1, -0.05) is 18.7 Å². The molecule has 1 atom stereocenters. The van der Waals surface area contributed by atoms with E-state index in [1.807, 2.05) is 18.5 Å². The number of fused-ring (bicyclic) bond motifs is 1. The molecule has 9 heteroatoms. The molecule has 35 heavy (non-hydrogen) atoms. The lowest BCUT2D eigenvalue weighted by atomic mass is 9.79. The number of aliphatic hydroxyl groups excluding tert-OH is 1. The molecule has 0 spiro atoms. The first-order valence-corrected chi connectivity index (χ1v) is 12.7. The number of nitriles is 1. The lowest BCUT2D eigenvalue weighted by molar-refractivity contribution is 0.141. The molecule has 1 saturated carbocycles. The summed E-state index contributed by atoms with van der Waals surface area (Å²) in [6, 6.07) is 7.41. The third-order valence-corrected chi connectivity index (χ3v) is 8.19. The highest BCUT2D eigenvalue weighted by atomic mass is 32.2. The van der Waals surface area contributed by atoms with Crippen molar-refractivity contribution < 1.29 is 9.50 Å². The van der Waals surface area contributed by atoms with Crippen molar-refractivity contribution in [3.8, 4) is 17.2 Å². The molecule has 0 amide bonds. The SMILES string of the molecule is Cc1c(-c2cc(Sc3ncccc3F)c3c(C#N)cnn3c2)cnn1C1CCC([C@@H](C)CO)CC1. The van der Waals surface area contributed by atoms with Crippen LogP contribution in [0.15, 0.2) is 52.9 Å². The number of aliphatic hydroxyl groups is 1. The Kier molecular flexibility index (Phi) is 6.58. The summed E-state index contributed by atoms with van der Waals surface area (Å²) in [5, 5.41) is 28.5. The second-order valence-corrected chi connectivity index (χ2v) is 10.3. The molecule has 0 aromatic carbocycles. The van der Waals surface area contributed by atoms with Gasteiger partial charge in [-0.25, -0.2) is 13.9 Å². The molecule has 1 N–H and O–H groups in total. The van der Waals surface area contributed by atoms with Crippen LogP contribution in [-0.2, 0) is 0 Å². The summed E-state index contributed by atoms with van der Waals surface area (Å²) in [4.78, 5) is 4.88. The van der Waals surface area contributed by atoms with Gasteiger partial charge in [-0.05, 0) is 62.6 Å². The van der Waals surface area contributed by atoms with Crippen molar-refractivity contribution in [1.82, 2.24) is 24.4 Å². The van der Waals surface area contributed by atoms with Gasteiger partial charge in [0.15, 0.2) is 5.82 Å². The smallest absolute Gasteiger partial charge is 0.155 e. The first-order valence-electron chi connectivity index (χ1n) is 11.8. The minimum Gasteiger partial charge on any atom is -0.396 e. The van der Waals surface area contributed by atoms with Gasteiger partial charge in [0, 0.05) is 40.7 Å². The Morgan fingerprint density at radius 2 is 2.06 bits per heavy atom. The van der Waals surface area contributed by atoms with Gasteiger partial charge >= 0.3 is 0 Å². The first kappa shape index (κ1) is 23.5. The molecule has 5 rings (SSSR count). The molecular formula is C26H27FN6OS. The predicted octanol–water partition coefficient (Wildman–Crippen LogP) is 5.42. The van der Waals surface area contributed by atoms with Crippen molar-refractivity contribution >= 4 is 17.3 Å². The standard InChI is InChI=1S/C26H27FN6OS/c1-16(15-34)18-5-7-21(8-6-18)33-17(2)22(13-31-33)19-10-24(35-26-23(27)4-3-9-29-26)25-20(11-28)12-30-32(25)14-19/h3-4,9-10,12-14,16,18,21,34H,5-8,15H2,1-2H3/t16-,18?,21?/m0/s1. The quantitative estimate of drug-likeness (QED) is 0.388. The zero-order valence-electron chi connectivity index (χ0n) is 19.7. The molecule has 0 aliphatic heterocycles. The van der Waals surface area contributed by atoms with Crippen LogP contribution in [0.5, 0.6) is 0 Å². The van der Waals surface area contributed by atoms with Crippen molar-refractivity contribution in [3.63, 3.8) is 0 Å². The van der Waals surface area contributed by atoms with Crippen molar-refractivity contribution in [2.75, 3.05) is 6.61 Å². The summed E-state index contributed by atoms with van der Waals surface area (Å²) in [6.45, 7) is 4.44. The highest BCUT2D eigenvalue weighted by Gasteiger charge is 2.27. The van der Waals surface area contributed by atoms with E-state index >= 15 is 0 Å². The summed E-state index contributed by atoms with van der Waals surface area (Å²) >= 11 is 1.19. The maximum absolute atomic E-state index is 14.4. The Morgan fingerprint density at radius 1 is 1.26 bits per heavy atom. The van der Waals surface area contributed by atoms with E-state index in [0.29, 0.717) is 33.9 Å². The molecule has 4 aromatic heterocycles. The van der Waals surface area contributed by atoms with Crippen LogP contribution >= 0.6 is 11.8 Å². The van der Waals surface area contributed by atoms with Crippen LogP contribution in [0.4, 0.5) is 4.39 Å². The average molecular weight is 491 g/mol. The zero-order valence-corrected chi connectivity index (χ0v) is 20.5. The summed E-state index contributed by atoms with van der Waals surface area (Å²) in [7, 11) is 0. The zero-order chi connectivity index (χ0) is 24.5. The fourth-order valence-electron chi connectivity index (χ4n) is 5.08. The second kappa shape index (κ2) is 9.80. The van der Waals surface area contributed by atoms with Gasteiger partial charge in [0.1, 0.15) is 11.1 Å². The molecule has 1 aliphatic rings. The number of hydrogen-bond donors (Lipinski definition) is 1. The summed E-state index contributed by atoms with van der Waals surface area (Å²) in [5.74, 6) is 0.494. The van der Waals surface area contributed by atoms with Crippen LogP contribution in [0.1, 0.15) is 49.9 Å². The number of aromatic nitrogens is 5. The Morgan fingerprint density at radius 3 is 2.77 bits per heavy atom. The second-order valence-electron chi connectivity index (χ2n) is 9.27. The van der Waals surface area contributed by atoms with E-state index < -0.39 is 5.82 Å². The van der Waals surface area contributed by atoms with Crippen LogP contribution in [0, 0.1) is 35.9 Å². The van der Waals surface area contributed by atoms with Crippen molar-refractivity contribution in [2.45, 2.75) is 55.5 Å². The molecule has 1 fully saturated rings. The maximum Gasteiger partial charge on any atom is 0.155 e. The van der Waals surface area contributed by atoms with Crippen LogP contribution < -0.4 is 0 Å². The molecule has 180 valence electrons. The molecule has 0 bridgehead atoms. The molecule has 0 unspecified atom stereocenters. The highest BCUT2D eigenvalue weighted by molar-refractivity contribution is 7.99. The van der Waals surface area contributed by atoms with E-state index in [2.05, 4.69) is 34.7 Å². The summed E-state index contributed by atoms with van der Waals surface area (Å²) in [5.41, 5.74) is 4.00. The van der Waals surface area contributed by atoms with Crippen LogP contribution in [0.3, 0.4) is 0 Å². The van der Waals surface area contributed by atoms with E-state index in [-0.39, 0.29) is 11.6 Å². The van der Waals surface area contributed by atoms with Gasteiger partial charge in [0.05, 0.1) is 29.5 Å². The number of halogens is 1. The number of rotatable bonds is 6. The molecule has 0 saturated heterocycles. The molecular weight excluding hydrogens is 463 g/mol. The summed E-state index contributed by atoms with van der Waals surface area (Å²) < 4.78 is 18.2. The van der Waals surface area contributed by atoms with Crippen molar-refractivity contribution in [1.29, 1.82) is 5.26 Å². The lowest BCUT2D eigenvalue weighted by Crippen LogP contribution is -2.24. The predicted molar refractivity (Wildman–Crippen MR) is 131 cm³/mol. The monoisotopic (exact) mass is 490 g/mol. The first-order chi connectivity index (χ1) is 17.0. The molecule has 1 aliphatic carbocycles. The molecule has 7 nitrogen and oxygen atoms in total. The van der Waals surface area contributed by atoms with Gasteiger partial charge in [0.2, 0.25) is 0 Å². The Bertz CT molecular complexity index is 1400. The minimum atomic E-state index is -0.408. The fourth-order valence-corrected chi connectivity index (χ4v) is 6.05. The van der Waals surface area contributed by atoms with Gasteiger partial charge in [-0.15, -0.1) is 0 Å². The Balaban J connectivity index is 1.50. The van der Waals surface area contributed by atoms with Crippen LogP contribution in [0.2, 0.25) is 0 Å². The van der Waals surface area contributed by atoms with Gasteiger partial charge in [-0.3, -0.25) is 4.68 Å². The number of pyridine rings is 2. The van der Waals surface area contributed by atoms with E-state index in [4.69, 9.17) is 5.10 Å².